The molecule has 2 rings (SSSR count). The Kier molecular flexibility index (Phi) is 3.35. The van der Waals surface area contributed by atoms with Crippen LogP contribution in [0.5, 0.6) is 0 Å². The molecule has 0 radical (unpaired) electrons. The fourth-order valence-corrected chi connectivity index (χ4v) is 3.24. The van der Waals surface area contributed by atoms with Gasteiger partial charge in [0.05, 0.1) is 12.7 Å². The minimum Gasteiger partial charge on any atom is -0.450 e. The van der Waals surface area contributed by atoms with Crippen molar-refractivity contribution >= 4 is 6.09 Å². The molecule has 0 aromatic heterocycles. The van der Waals surface area contributed by atoms with Crippen molar-refractivity contribution < 1.29 is 19.7 Å². The molecule has 5 atom stereocenters. The number of amides is 1. The van der Waals surface area contributed by atoms with Gasteiger partial charge >= 0.3 is 6.09 Å². The molecular formula is C11H19NO4. The summed E-state index contributed by atoms with van der Waals surface area (Å²) < 4.78 is 4.84. The molecule has 0 aromatic rings. The first-order chi connectivity index (χ1) is 7.67. The molecule has 0 heterocycles. The topological polar surface area (TPSA) is 78.8 Å². The molecule has 5 heteroatoms. The van der Waals surface area contributed by atoms with E-state index in [1.165, 1.54) is 0 Å². The average Bonchev–Trinajstić information content (AvgIpc) is 2.75. The van der Waals surface area contributed by atoms with Gasteiger partial charge in [0.25, 0.3) is 0 Å². The highest BCUT2D eigenvalue weighted by molar-refractivity contribution is 5.67. The number of hydrogen-bond acceptors (Lipinski definition) is 4. The molecule has 5 unspecified atom stereocenters. The second kappa shape index (κ2) is 4.59. The first kappa shape index (κ1) is 11.7. The van der Waals surface area contributed by atoms with Crippen molar-refractivity contribution in [1.29, 1.82) is 0 Å². The Morgan fingerprint density at radius 1 is 1.50 bits per heavy atom. The van der Waals surface area contributed by atoms with Gasteiger partial charge in [-0.1, -0.05) is 0 Å². The van der Waals surface area contributed by atoms with Crippen LogP contribution in [0.25, 0.3) is 0 Å². The van der Waals surface area contributed by atoms with Gasteiger partial charge in [0.15, 0.2) is 0 Å². The van der Waals surface area contributed by atoms with Crippen molar-refractivity contribution in [3.05, 3.63) is 0 Å². The Bertz CT molecular complexity index is 271. The van der Waals surface area contributed by atoms with Crippen LogP contribution in [0.4, 0.5) is 4.79 Å². The Morgan fingerprint density at radius 3 is 2.88 bits per heavy atom. The largest absolute Gasteiger partial charge is 0.450 e. The number of aliphatic hydroxyl groups is 2. The van der Waals surface area contributed by atoms with Crippen molar-refractivity contribution in [2.75, 3.05) is 13.2 Å². The first-order valence-electron chi connectivity index (χ1n) is 5.89. The molecule has 16 heavy (non-hydrogen) atoms. The molecule has 1 amide bonds. The normalized spacial score (nSPS) is 41.1. The average molecular weight is 229 g/mol. The monoisotopic (exact) mass is 229 g/mol. The van der Waals surface area contributed by atoms with Crippen LogP contribution in [0.1, 0.15) is 19.8 Å². The maximum atomic E-state index is 11.3. The summed E-state index contributed by atoms with van der Waals surface area (Å²) in [7, 11) is 0. The van der Waals surface area contributed by atoms with Gasteiger partial charge in [0.2, 0.25) is 0 Å². The highest BCUT2D eigenvalue weighted by Crippen LogP contribution is 2.48. The molecule has 0 saturated heterocycles. The number of aliphatic hydroxyl groups excluding tert-OH is 2. The van der Waals surface area contributed by atoms with Crippen molar-refractivity contribution in [2.24, 2.45) is 17.8 Å². The second-order valence-corrected chi connectivity index (χ2v) is 4.70. The number of nitrogens with one attached hydrogen (secondary N) is 1. The molecule has 5 nitrogen and oxygen atoms in total. The molecule has 2 fully saturated rings. The molecule has 2 aliphatic rings. The summed E-state index contributed by atoms with van der Waals surface area (Å²) in [6.07, 6.45) is 0.872. The predicted octanol–water partition coefficient (Wildman–Crippen LogP) is 0.110. The highest BCUT2D eigenvalue weighted by atomic mass is 16.5. The number of carbonyl (C=O) groups is 1. The van der Waals surface area contributed by atoms with E-state index in [2.05, 4.69) is 5.32 Å². The van der Waals surface area contributed by atoms with Gasteiger partial charge in [-0.05, 0) is 31.6 Å². The lowest BCUT2D eigenvalue weighted by Gasteiger charge is -2.32. The van der Waals surface area contributed by atoms with Crippen LogP contribution < -0.4 is 5.32 Å². The van der Waals surface area contributed by atoms with Crippen LogP contribution in [0.3, 0.4) is 0 Å². The van der Waals surface area contributed by atoms with Gasteiger partial charge in [-0.25, -0.2) is 4.79 Å². The smallest absolute Gasteiger partial charge is 0.407 e. The van der Waals surface area contributed by atoms with E-state index >= 15 is 0 Å². The second-order valence-electron chi connectivity index (χ2n) is 4.70. The zero-order valence-corrected chi connectivity index (χ0v) is 9.43. The van der Waals surface area contributed by atoms with E-state index in [4.69, 9.17) is 4.74 Å². The summed E-state index contributed by atoms with van der Waals surface area (Å²) in [4.78, 5) is 11.3. The SMILES string of the molecule is CCOC(=O)NC1C2CC(O)C(C2)C1CO. The lowest BCUT2D eigenvalue weighted by molar-refractivity contribution is 0.0368. The van der Waals surface area contributed by atoms with Crippen LogP contribution >= 0.6 is 0 Å². The van der Waals surface area contributed by atoms with Gasteiger partial charge < -0.3 is 20.3 Å². The van der Waals surface area contributed by atoms with Crippen molar-refractivity contribution in [2.45, 2.75) is 31.9 Å². The summed E-state index contributed by atoms with van der Waals surface area (Å²) in [6.45, 7) is 2.11. The molecule has 2 aliphatic carbocycles. The van der Waals surface area contributed by atoms with E-state index in [0.717, 1.165) is 12.8 Å². The third kappa shape index (κ3) is 1.89. The number of carbonyl (C=O) groups excluding carboxylic acids is 1. The van der Waals surface area contributed by atoms with Crippen LogP contribution in [-0.2, 0) is 4.74 Å². The van der Waals surface area contributed by atoms with Crippen LogP contribution in [-0.4, -0.2) is 41.7 Å². The lowest BCUT2D eigenvalue weighted by Crippen LogP contribution is -2.48. The minimum absolute atomic E-state index is 0.00922. The maximum Gasteiger partial charge on any atom is 0.407 e. The predicted molar refractivity (Wildman–Crippen MR) is 56.7 cm³/mol. The molecular weight excluding hydrogens is 210 g/mol. The summed E-state index contributed by atoms with van der Waals surface area (Å²) in [5.41, 5.74) is 0. The van der Waals surface area contributed by atoms with E-state index in [1.807, 2.05) is 0 Å². The van der Waals surface area contributed by atoms with Gasteiger partial charge in [-0.15, -0.1) is 0 Å². The third-order valence-electron chi connectivity index (χ3n) is 3.90. The van der Waals surface area contributed by atoms with E-state index in [-0.39, 0.29) is 36.5 Å². The minimum atomic E-state index is -0.423. The standard InChI is InChI=1S/C11H19NO4/c1-2-16-11(15)12-10-6-3-7(8(10)5-13)9(14)4-6/h6-10,13-14H,2-5H2,1H3,(H,12,15). The summed E-state index contributed by atoms with van der Waals surface area (Å²) in [5, 5.41) is 21.8. The molecule has 3 N–H and O–H groups in total. The number of alkyl carbamates (subject to hydrolysis) is 1. The number of fused-ring (bicyclic) bond motifs is 2. The van der Waals surface area contributed by atoms with Gasteiger partial charge in [0, 0.05) is 18.6 Å². The quantitative estimate of drug-likeness (QED) is 0.642. The Balaban J connectivity index is 1.97. The van der Waals surface area contributed by atoms with Crippen LogP contribution in [0.15, 0.2) is 0 Å². The van der Waals surface area contributed by atoms with E-state index in [1.54, 1.807) is 6.92 Å². The summed E-state index contributed by atoms with van der Waals surface area (Å²) in [5.74, 6) is 0.377. The molecule has 0 spiro atoms. The summed E-state index contributed by atoms with van der Waals surface area (Å²) in [6, 6.07) is -0.0440. The lowest BCUT2D eigenvalue weighted by atomic mass is 9.83. The molecule has 2 saturated carbocycles. The Labute approximate surface area is 94.8 Å². The maximum absolute atomic E-state index is 11.3. The fraction of sp³-hybridized carbons (Fsp3) is 0.909. The van der Waals surface area contributed by atoms with Gasteiger partial charge in [0.1, 0.15) is 0 Å². The molecule has 92 valence electrons. The Morgan fingerprint density at radius 2 is 2.25 bits per heavy atom. The molecule has 0 aliphatic heterocycles. The highest BCUT2D eigenvalue weighted by Gasteiger charge is 2.52. The Hall–Kier alpha value is -0.810. The van der Waals surface area contributed by atoms with E-state index < -0.39 is 6.09 Å². The number of rotatable bonds is 3. The van der Waals surface area contributed by atoms with Crippen molar-refractivity contribution in [3.8, 4) is 0 Å². The third-order valence-corrected chi connectivity index (χ3v) is 3.90. The van der Waals surface area contributed by atoms with Gasteiger partial charge in [-0.2, -0.15) is 0 Å². The van der Waals surface area contributed by atoms with Crippen LogP contribution in [0.2, 0.25) is 0 Å². The fourth-order valence-electron chi connectivity index (χ4n) is 3.24. The van der Waals surface area contributed by atoms with Crippen molar-refractivity contribution in [3.63, 3.8) is 0 Å². The van der Waals surface area contributed by atoms with E-state index in [9.17, 15) is 15.0 Å². The zero-order valence-electron chi connectivity index (χ0n) is 9.43. The van der Waals surface area contributed by atoms with Crippen LogP contribution in [0, 0.1) is 17.8 Å². The van der Waals surface area contributed by atoms with E-state index in [0.29, 0.717) is 6.61 Å². The van der Waals surface area contributed by atoms with Crippen molar-refractivity contribution in [1.82, 2.24) is 5.32 Å². The molecule has 0 aromatic carbocycles. The summed E-state index contributed by atoms with van der Waals surface area (Å²) >= 11 is 0. The molecule has 2 bridgehead atoms. The number of hydrogen-bond donors (Lipinski definition) is 3. The van der Waals surface area contributed by atoms with Gasteiger partial charge in [-0.3, -0.25) is 0 Å². The zero-order chi connectivity index (χ0) is 11.7. The number of ether oxygens (including phenoxy) is 1. The first-order valence-corrected chi connectivity index (χ1v) is 5.89.